The number of rotatable bonds is 9. The maximum atomic E-state index is 15.3. The minimum atomic E-state index is -1.68. The van der Waals surface area contributed by atoms with Gasteiger partial charge in [-0.3, -0.25) is 4.98 Å². The van der Waals surface area contributed by atoms with Crippen molar-refractivity contribution in [2.24, 2.45) is 0 Å². The first-order chi connectivity index (χ1) is 21.9. The summed E-state index contributed by atoms with van der Waals surface area (Å²) in [7, 11) is 3.28. The fraction of sp³-hybridized carbons (Fsp3) is 0.0556. The number of para-hydroxylation sites is 2. The summed E-state index contributed by atoms with van der Waals surface area (Å²) in [6, 6.07) is 34.4. The number of benzene rings is 4. The van der Waals surface area contributed by atoms with Gasteiger partial charge in [-0.05, 0) is 54.6 Å². The lowest BCUT2D eigenvalue weighted by molar-refractivity contribution is 0.395. The van der Waals surface area contributed by atoms with Crippen molar-refractivity contribution >= 4 is 28.6 Å². The number of ether oxygens (including phenoxy) is 2. The zero-order valence-corrected chi connectivity index (χ0v) is 24.4. The van der Waals surface area contributed by atoms with E-state index in [1.807, 2.05) is 102 Å². The predicted molar refractivity (Wildman–Crippen MR) is 170 cm³/mol. The third-order valence-corrected chi connectivity index (χ3v) is 7.13. The molecule has 0 aliphatic heterocycles. The lowest BCUT2D eigenvalue weighted by Crippen LogP contribution is -2.14. The van der Waals surface area contributed by atoms with E-state index in [1.54, 1.807) is 24.4 Å². The smallest absolute Gasteiger partial charge is 0.204 e. The van der Waals surface area contributed by atoms with Crippen LogP contribution in [-0.2, 0) is 0 Å². The van der Waals surface area contributed by atoms with Crippen LogP contribution in [0.3, 0.4) is 0 Å². The molecular weight excluding hydrogens is 577 g/mol. The Balaban J connectivity index is 1.51. The van der Waals surface area contributed by atoms with Crippen LogP contribution in [-0.4, -0.2) is 24.1 Å². The molecule has 2 heterocycles. The number of anilines is 5. The van der Waals surface area contributed by atoms with Crippen LogP contribution in [0, 0.1) is 17.5 Å². The summed E-state index contributed by atoms with van der Waals surface area (Å²) >= 11 is 0. The molecule has 0 saturated heterocycles. The first kappa shape index (κ1) is 29.3. The molecule has 0 saturated carbocycles. The number of aromatic nitrogens is 2. The normalized spacial score (nSPS) is 10.8. The first-order valence-electron chi connectivity index (χ1n) is 14.0. The fourth-order valence-electron chi connectivity index (χ4n) is 4.89. The second-order valence-corrected chi connectivity index (χ2v) is 9.99. The van der Waals surface area contributed by atoms with Gasteiger partial charge < -0.3 is 19.3 Å². The summed E-state index contributed by atoms with van der Waals surface area (Å²) in [4.78, 5) is 12.4. The van der Waals surface area contributed by atoms with Crippen LogP contribution < -0.4 is 19.3 Å². The molecule has 6 aromatic rings. The highest BCUT2D eigenvalue weighted by molar-refractivity contribution is 5.80. The van der Waals surface area contributed by atoms with E-state index >= 15 is 8.78 Å². The Kier molecular flexibility index (Phi) is 8.32. The number of pyridine rings is 2. The molecule has 6 nitrogen and oxygen atoms in total. The minimum absolute atomic E-state index is 0.0549. The average Bonchev–Trinajstić information content (AvgIpc) is 3.09. The Morgan fingerprint density at radius 2 is 1.24 bits per heavy atom. The Morgan fingerprint density at radius 1 is 0.578 bits per heavy atom. The Bertz CT molecular complexity index is 1890. The molecule has 4 aromatic carbocycles. The quantitative estimate of drug-likeness (QED) is 0.153. The highest BCUT2D eigenvalue weighted by Gasteiger charge is 2.23. The van der Waals surface area contributed by atoms with E-state index < -0.39 is 23.2 Å². The van der Waals surface area contributed by atoms with E-state index in [9.17, 15) is 4.39 Å². The molecule has 0 aliphatic rings. The lowest BCUT2D eigenvalue weighted by atomic mass is 10.1. The van der Waals surface area contributed by atoms with Crippen molar-refractivity contribution in [3.8, 4) is 28.5 Å². The SMILES string of the molecule is COc1ccnc(-c2cc(Oc3cc(N(C)c4ccccn4)cc(N(c4ccccc4)c4ccccc4)c3)c(F)c(F)c2F)c1. The number of hydrogen-bond acceptors (Lipinski definition) is 6. The van der Waals surface area contributed by atoms with E-state index in [4.69, 9.17) is 9.47 Å². The van der Waals surface area contributed by atoms with Crippen LogP contribution in [0.15, 0.2) is 128 Å². The molecular formula is C36H27F3N4O2. The number of halogens is 3. The molecule has 45 heavy (non-hydrogen) atoms. The first-order valence-corrected chi connectivity index (χ1v) is 14.0. The molecule has 0 amide bonds. The van der Waals surface area contributed by atoms with Gasteiger partial charge in [-0.25, -0.2) is 13.8 Å². The van der Waals surface area contributed by atoms with Crippen LogP contribution in [0.5, 0.6) is 17.2 Å². The van der Waals surface area contributed by atoms with Crippen molar-refractivity contribution in [2.75, 3.05) is 24.0 Å². The average molecular weight is 605 g/mol. The Hall–Kier alpha value is -5.83. The lowest BCUT2D eigenvalue weighted by Gasteiger charge is -2.28. The molecule has 224 valence electrons. The molecule has 0 bridgehead atoms. The van der Waals surface area contributed by atoms with Crippen molar-refractivity contribution in [3.05, 3.63) is 145 Å². The third kappa shape index (κ3) is 6.14. The van der Waals surface area contributed by atoms with Crippen LogP contribution in [0.4, 0.5) is 41.7 Å². The van der Waals surface area contributed by atoms with Crippen molar-refractivity contribution in [2.45, 2.75) is 0 Å². The molecule has 6 rings (SSSR count). The van der Waals surface area contributed by atoms with Crippen molar-refractivity contribution < 1.29 is 22.6 Å². The van der Waals surface area contributed by atoms with Gasteiger partial charge in [-0.1, -0.05) is 42.5 Å². The van der Waals surface area contributed by atoms with Crippen LogP contribution >= 0.6 is 0 Å². The van der Waals surface area contributed by atoms with Gasteiger partial charge in [0.25, 0.3) is 0 Å². The molecule has 0 radical (unpaired) electrons. The van der Waals surface area contributed by atoms with Gasteiger partial charge in [0, 0.05) is 60.3 Å². The summed E-state index contributed by atoms with van der Waals surface area (Å²) in [5.74, 6) is -3.83. The van der Waals surface area contributed by atoms with Gasteiger partial charge in [-0.2, -0.15) is 4.39 Å². The van der Waals surface area contributed by atoms with Gasteiger partial charge in [0.2, 0.25) is 5.82 Å². The van der Waals surface area contributed by atoms with E-state index in [0.717, 1.165) is 17.4 Å². The zero-order chi connectivity index (χ0) is 31.3. The molecule has 9 heteroatoms. The van der Waals surface area contributed by atoms with E-state index in [2.05, 4.69) is 9.97 Å². The summed E-state index contributed by atoms with van der Waals surface area (Å²) in [6.45, 7) is 0. The maximum Gasteiger partial charge on any atom is 0.204 e. The second kappa shape index (κ2) is 12.8. The highest BCUT2D eigenvalue weighted by Crippen LogP contribution is 2.42. The van der Waals surface area contributed by atoms with Crippen molar-refractivity contribution in [1.29, 1.82) is 0 Å². The molecule has 0 N–H and O–H groups in total. The van der Waals surface area contributed by atoms with E-state index in [-0.39, 0.29) is 17.0 Å². The monoisotopic (exact) mass is 604 g/mol. The van der Waals surface area contributed by atoms with Gasteiger partial charge in [0.1, 0.15) is 17.3 Å². The van der Waals surface area contributed by atoms with Gasteiger partial charge in [0.05, 0.1) is 18.5 Å². The maximum absolute atomic E-state index is 15.3. The molecule has 0 spiro atoms. The van der Waals surface area contributed by atoms with Crippen LogP contribution in [0.25, 0.3) is 11.3 Å². The predicted octanol–water partition coefficient (Wildman–Crippen LogP) is 9.60. The summed E-state index contributed by atoms with van der Waals surface area (Å²) in [5.41, 5.74) is 2.81. The van der Waals surface area contributed by atoms with Gasteiger partial charge in [-0.15, -0.1) is 0 Å². The van der Waals surface area contributed by atoms with Crippen LogP contribution in [0.1, 0.15) is 0 Å². The molecule has 2 aromatic heterocycles. The topological polar surface area (TPSA) is 50.7 Å². The third-order valence-electron chi connectivity index (χ3n) is 7.13. The van der Waals surface area contributed by atoms with Crippen molar-refractivity contribution in [1.82, 2.24) is 9.97 Å². The fourth-order valence-corrected chi connectivity index (χ4v) is 4.89. The second-order valence-electron chi connectivity index (χ2n) is 9.99. The van der Waals surface area contributed by atoms with E-state index in [0.29, 0.717) is 22.9 Å². The van der Waals surface area contributed by atoms with Gasteiger partial charge >= 0.3 is 0 Å². The largest absolute Gasteiger partial charge is 0.497 e. The Morgan fingerprint density at radius 3 is 1.89 bits per heavy atom. The molecule has 0 unspecified atom stereocenters. The summed E-state index contributed by atoms with van der Waals surface area (Å²) in [5, 5.41) is 0. The molecule has 0 atom stereocenters. The highest BCUT2D eigenvalue weighted by atomic mass is 19.2. The number of nitrogens with zero attached hydrogens (tertiary/aromatic N) is 4. The zero-order valence-electron chi connectivity index (χ0n) is 24.4. The van der Waals surface area contributed by atoms with E-state index in [1.165, 1.54) is 19.4 Å². The minimum Gasteiger partial charge on any atom is -0.497 e. The number of hydrogen-bond donors (Lipinski definition) is 0. The summed E-state index contributed by atoms with van der Waals surface area (Å²) in [6.07, 6.45) is 3.07. The number of methoxy groups -OCH3 is 1. The molecule has 0 fully saturated rings. The summed E-state index contributed by atoms with van der Waals surface area (Å²) < 4.78 is 56.5. The standard InChI is InChI=1S/C36H27F3N4O2/c1-42(33-15-9-10-17-41-33)26-19-27(43(24-11-5-3-6-12-24)25-13-7-4-8-14-25)21-29(20-26)45-32-23-30(34(37)36(39)35(32)38)31-22-28(44-2)16-18-40-31/h3-23H,1-2H3. The molecule has 0 aliphatic carbocycles. The Labute approximate surface area is 258 Å². The van der Waals surface area contributed by atoms with Crippen molar-refractivity contribution in [3.63, 3.8) is 0 Å². The van der Waals surface area contributed by atoms with Gasteiger partial charge in [0.15, 0.2) is 17.4 Å². The van der Waals surface area contributed by atoms with Crippen LogP contribution in [0.2, 0.25) is 0 Å².